The SMILES string of the molecule is CCN1CCCCC(CNC)C1c1ccc(F)cc1. The van der Waals surface area contributed by atoms with Crippen molar-refractivity contribution >= 4 is 0 Å². The zero-order valence-corrected chi connectivity index (χ0v) is 12.0. The molecule has 0 bridgehead atoms. The van der Waals surface area contributed by atoms with Crippen LogP contribution >= 0.6 is 0 Å². The van der Waals surface area contributed by atoms with Crippen LogP contribution in [0.5, 0.6) is 0 Å². The van der Waals surface area contributed by atoms with Crippen molar-refractivity contribution in [3.05, 3.63) is 35.6 Å². The van der Waals surface area contributed by atoms with Crippen molar-refractivity contribution in [2.24, 2.45) is 5.92 Å². The van der Waals surface area contributed by atoms with Crippen LogP contribution in [0.3, 0.4) is 0 Å². The minimum Gasteiger partial charge on any atom is -0.319 e. The lowest BCUT2D eigenvalue weighted by atomic mass is 9.89. The molecule has 1 aliphatic rings. The molecule has 2 rings (SSSR count). The van der Waals surface area contributed by atoms with E-state index < -0.39 is 0 Å². The highest BCUT2D eigenvalue weighted by Crippen LogP contribution is 2.34. The number of hydrogen-bond acceptors (Lipinski definition) is 2. The lowest BCUT2D eigenvalue weighted by Gasteiger charge is -2.35. The average molecular weight is 264 g/mol. The van der Waals surface area contributed by atoms with Crippen LogP contribution in [0.2, 0.25) is 0 Å². The molecule has 106 valence electrons. The molecule has 19 heavy (non-hydrogen) atoms. The van der Waals surface area contributed by atoms with Crippen LogP contribution in [0.1, 0.15) is 37.8 Å². The molecule has 3 heteroatoms. The molecule has 0 spiro atoms. The fraction of sp³-hybridized carbons (Fsp3) is 0.625. The van der Waals surface area contributed by atoms with E-state index in [1.165, 1.54) is 24.8 Å². The molecule has 2 nitrogen and oxygen atoms in total. The van der Waals surface area contributed by atoms with Crippen molar-refractivity contribution in [1.29, 1.82) is 0 Å². The summed E-state index contributed by atoms with van der Waals surface area (Å²) in [6, 6.07) is 7.50. The number of hydrogen-bond donors (Lipinski definition) is 1. The Morgan fingerprint density at radius 3 is 2.63 bits per heavy atom. The zero-order valence-electron chi connectivity index (χ0n) is 12.0. The molecular formula is C16H25FN2. The molecule has 0 amide bonds. The molecule has 1 saturated heterocycles. The molecular weight excluding hydrogens is 239 g/mol. The fourth-order valence-corrected chi connectivity index (χ4v) is 3.29. The van der Waals surface area contributed by atoms with Crippen molar-refractivity contribution in [2.75, 3.05) is 26.7 Å². The number of halogens is 1. The normalized spacial score (nSPS) is 25.2. The molecule has 0 saturated carbocycles. The van der Waals surface area contributed by atoms with Gasteiger partial charge < -0.3 is 5.32 Å². The summed E-state index contributed by atoms with van der Waals surface area (Å²) in [5.74, 6) is 0.462. The third-order valence-corrected chi connectivity index (χ3v) is 4.19. The summed E-state index contributed by atoms with van der Waals surface area (Å²) in [5.41, 5.74) is 1.26. The summed E-state index contributed by atoms with van der Waals surface area (Å²) in [7, 11) is 2.02. The van der Waals surface area contributed by atoms with Gasteiger partial charge in [0, 0.05) is 6.04 Å². The predicted molar refractivity (Wildman–Crippen MR) is 77.7 cm³/mol. The predicted octanol–water partition coefficient (Wildman–Crippen LogP) is 3.21. The number of benzene rings is 1. The van der Waals surface area contributed by atoms with Crippen LogP contribution in [-0.4, -0.2) is 31.6 Å². The Balaban J connectivity index is 2.28. The van der Waals surface area contributed by atoms with Crippen LogP contribution in [0.15, 0.2) is 24.3 Å². The van der Waals surface area contributed by atoms with E-state index in [4.69, 9.17) is 0 Å². The van der Waals surface area contributed by atoms with E-state index in [0.29, 0.717) is 12.0 Å². The minimum absolute atomic E-state index is 0.148. The van der Waals surface area contributed by atoms with Gasteiger partial charge in [0.05, 0.1) is 0 Å². The molecule has 1 aromatic carbocycles. The third-order valence-electron chi connectivity index (χ3n) is 4.19. The van der Waals surface area contributed by atoms with Crippen molar-refractivity contribution in [2.45, 2.75) is 32.2 Å². The first-order chi connectivity index (χ1) is 9.26. The largest absolute Gasteiger partial charge is 0.319 e. The van der Waals surface area contributed by atoms with Gasteiger partial charge in [0.1, 0.15) is 5.82 Å². The maximum absolute atomic E-state index is 13.1. The molecule has 1 aromatic rings. The van der Waals surface area contributed by atoms with Crippen LogP contribution in [-0.2, 0) is 0 Å². The maximum Gasteiger partial charge on any atom is 0.123 e. The lowest BCUT2D eigenvalue weighted by molar-refractivity contribution is 0.162. The second kappa shape index (κ2) is 7.01. The van der Waals surface area contributed by atoms with Crippen molar-refractivity contribution < 1.29 is 4.39 Å². The second-order valence-electron chi connectivity index (χ2n) is 5.44. The summed E-state index contributed by atoms with van der Waals surface area (Å²) in [4.78, 5) is 2.54. The Morgan fingerprint density at radius 2 is 2.00 bits per heavy atom. The van der Waals surface area contributed by atoms with Crippen LogP contribution in [0.4, 0.5) is 4.39 Å². The topological polar surface area (TPSA) is 15.3 Å². The van der Waals surface area contributed by atoms with Crippen molar-refractivity contribution in [3.63, 3.8) is 0 Å². The quantitative estimate of drug-likeness (QED) is 0.898. The Morgan fingerprint density at radius 1 is 1.26 bits per heavy atom. The van der Waals surface area contributed by atoms with Gasteiger partial charge >= 0.3 is 0 Å². The van der Waals surface area contributed by atoms with Gasteiger partial charge in [-0.05, 0) is 63.1 Å². The smallest absolute Gasteiger partial charge is 0.123 e. The van der Waals surface area contributed by atoms with Gasteiger partial charge in [0.15, 0.2) is 0 Å². The van der Waals surface area contributed by atoms with E-state index in [0.717, 1.165) is 19.6 Å². The lowest BCUT2D eigenvalue weighted by Crippen LogP contribution is -2.36. The van der Waals surface area contributed by atoms with Gasteiger partial charge in [-0.15, -0.1) is 0 Å². The molecule has 0 aliphatic carbocycles. The van der Waals surface area contributed by atoms with Crippen molar-refractivity contribution in [3.8, 4) is 0 Å². The molecule has 2 atom stereocenters. The molecule has 0 aromatic heterocycles. The zero-order chi connectivity index (χ0) is 13.7. The first-order valence-electron chi connectivity index (χ1n) is 7.40. The molecule has 1 fully saturated rings. The number of nitrogens with zero attached hydrogens (tertiary/aromatic N) is 1. The van der Waals surface area contributed by atoms with E-state index in [2.05, 4.69) is 17.1 Å². The second-order valence-corrected chi connectivity index (χ2v) is 5.44. The van der Waals surface area contributed by atoms with Gasteiger partial charge in [-0.25, -0.2) is 4.39 Å². The maximum atomic E-state index is 13.1. The standard InChI is InChI=1S/C16H25FN2/c1-3-19-11-5-4-6-14(12-18-2)16(19)13-7-9-15(17)10-8-13/h7-10,14,16,18H,3-6,11-12H2,1-2H3. The fourth-order valence-electron chi connectivity index (χ4n) is 3.29. The van der Waals surface area contributed by atoms with E-state index >= 15 is 0 Å². The Labute approximate surface area is 116 Å². The Hall–Kier alpha value is -0.930. The highest BCUT2D eigenvalue weighted by Gasteiger charge is 2.29. The summed E-state index contributed by atoms with van der Waals surface area (Å²) in [6.07, 6.45) is 3.81. The van der Waals surface area contributed by atoms with E-state index in [1.807, 2.05) is 19.2 Å². The summed E-state index contributed by atoms with van der Waals surface area (Å²) in [6.45, 7) is 5.46. The Bertz CT molecular complexity index is 377. The monoisotopic (exact) mass is 264 g/mol. The number of likely N-dealkylation sites (tertiary alicyclic amines) is 1. The van der Waals surface area contributed by atoms with Gasteiger partial charge in [-0.1, -0.05) is 25.5 Å². The molecule has 1 N–H and O–H groups in total. The molecule has 1 aliphatic heterocycles. The number of nitrogens with one attached hydrogen (secondary N) is 1. The molecule has 2 unspecified atom stereocenters. The van der Waals surface area contributed by atoms with E-state index in [-0.39, 0.29) is 5.82 Å². The Kier molecular flexibility index (Phi) is 5.34. The van der Waals surface area contributed by atoms with Gasteiger partial charge in [0.25, 0.3) is 0 Å². The number of rotatable bonds is 4. The third kappa shape index (κ3) is 3.54. The van der Waals surface area contributed by atoms with Crippen LogP contribution in [0.25, 0.3) is 0 Å². The summed E-state index contributed by atoms with van der Waals surface area (Å²) >= 11 is 0. The van der Waals surface area contributed by atoms with Crippen LogP contribution in [0, 0.1) is 11.7 Å². The highest BCUT2D eigenvalue weighted by molar-refractivity contribution is 5.21. The van der Waals surface area contributed by atoms with E-state index in [1.54, 1.807) is 12.1 Å². The van der Waals surface area contributed by atoms with E-state index in [9.17, 15) is 4.39 Å². The molecule has 1 heterocycles. The van der Waals surface area contributed by atoms with Gasteiger partial charge in [-0.3, -0.25) is 4.90 Å². The van der Waals surface area contributed by atoms with Crippen molar-refractivity contribution in [1.82, 2.24) is 10.2 Å². The first kappa shape index (κ1) is 14.5. The average Bonchev–Trinajstić information content (AvgIpc) is 2.62. The van der Waals surface area contributed by atoms with Gasteiger partial charge in [0.2, 0.25) is 0 Å². The summed E-state index contributed by atoms with van der Waals surface area (Å²) < 4.78 is 13.1. The van der Waals surface area contributed by atoms with Gasteiger partial charge in [-0.2, -0.15) is 0 Å². The first-order valence-corrected chi connectivity index (χ1v) is 7.40. The molecule has 0 radical (unpaired) electrons. The highest BCUT2D eigenvalue weighted by atomic mass is 19.1. The van der Waals surface area contributed by atoms with Crippen LogP contribution < -0.4 is 5.32 Å². The minimum atomic E-state index is -0.148. The summed E-state index contributed by atoms with van der Waals surface area (Å²) in [5, 5.41) is 3.32.